The zero-order valence-corrected chi connectivity index (χ0v) is 19.3. The van der Waals surface area contributed by atoms with Crippen molar-refractivity contribution in [1.29, 1.82) is 0 Å². The van der Waals surface area contributed by atoms with Crippen LogP contribution in [0.25, 0.3) is 5.69 Å². The Balaban J connectivity index is 1.72. The standard InChI is InChI=1S/C19H15Cl2N3O2S3/c1-10(25)12-4-3-5-13(8-12)22-17(26)11(2)28-18-23-24(19(27)29-18)14-6-7-15(20)16(21)9-14/h3-9,11H,1-2H3,(H,22,26)/t11-/m0/s1. The number of carbonyl (C=O) groups is 2. The van der Waals surface area contributed by atoms with E-state index in [-0.39, 0.29) is 11.7 Å². The van der Waals surface area contributed by atoms with E-state index in [1.807, 2.05) is 0 Å². The molecule has 0 aliphatic heterocycles. The average Bonchev–Trinajstić information content (AvgIpc) is 3.04. The Hall–Kier alpha value is -1.71. The second-order valence-corrected chi connectivity index (χ2v) is 10.1. The van der Waals surface area contributed by atoms with Gasteiger partial charge in [0, 0.05) is 11.3 Å². The fourth-order valence-corrected chi connectivity index (χ4v) is 5.15. The molecule has 0 saturated carbocycles. The number of carbonyl (C=O) groups excluding carboxylic acids is 2. The normalized spacial score (nSPS) is 11.9. The fourth-order valence-electron chi connectivity index (χ4n) is 2.35. The van der Waals surface area contributed by atoms with Gasteiger partial charge in [-0.1, -0.05) is 58.4 Å². The van der Waals surface area contributed by atoms with Crippen LogP contribution in [0, 0.1) is 3.95 Å². The molecule has 29 heavy (non-hydrogen) atoms. The lowest BCUT2D eigenvalue weighted by Gasteiger charge is -2.11. The van der Waals surface area contributed by atoms with Crippen LogP contribution in [0.3, 0.4) is 0 Å². The number of aromatic nitrogens is 2. The minimum Gasteiger partial charge on any atom is -0.325 e. The quantitative estimate of drug-likeness (QED) is 0.253. The van der Waals surface area contributed by atoms with Gasteiger partial charge in [-0.15, -0.1) is 5.10 Å². The number of rotatable bonds is 6. The zero-order chi connectivity index (χ0) is 21.1. The maximum absolute atomic E-state index is 12.5. The Morgan fingerprint density at radius 2 is 1.97 bits per heavy atom. The molecular formula is C19H15Cl2N3O2S3. The first-order chi connectivity index (χ1) is 13.7. The molecule has 3 rings (SSSR count). The van der Waals surface area contributed by atoms with Crippen molar-refractivity contribution in [1.82, 2.24) is 9.78 Å². The number of ketones is 1. The van der Waals surface area contributed by atoms with Gasteiger partial charge < -0.3 is 5.32 Å². The first-order valence-electron chi connectivity index (χ1n) is 8.38. The molecule has 5 nitrogen and oxygen atoms in total. The van der Waals surface area contributed by atoms with Crippen molar-refractivity contribution in [2.45, 2.75) is 23.4 Å². The Kier molecular flexibility index (Phi) is 7.13. The van der Waals surface area contributed by atoms with Crippen LogP contribution in [0.15, 0.2) is 46.8 Å². The molecule has 0 unspecified atom stereocenters. The summed E-state index contributed by atoms with van der Waals surface area (Å²) in [4.78, 5) is 24.0. The molecule has 3 aromatic rings. The third-order valence-electron chi connectivity index (χ3n) is 3.86. The lowest BCUT2D eigenvalue weighted by molar-refractivity contribution is -0.115. The highest BCUT2D eigenvalue weighted by molar-refractivity contribution is 8.02. The largest absolute Gasteiger partial charge is 0.325 e. The van der Waals surface area contributed by atoms with Crippen LogP contribution in [0.5, 0.6) is 0 Å². The minimum absolute atomic E-state index is 0.0591. The summed E-state index contributed by atoms with van der Waals surface area (Å²) >= 11 is 20.0. The summed E-state index contributed by atoms with van der Waals surface area (Å²) in [6.07, 6.45) is 0. The number of thioether (sulfide) groups is 1. The van der Waals surface area contributed by atoms with E-state index in [9.17, 15) is 9.59 Å². The molecule has 0 aliphatic rings. The molecule has 2 aromatic carbocycles. The number of anilines is 1. The van der Waals surface area contributed by atoms with E-state index in [1.165, 1.54) is 30.0 Å². The number of hydrogen-bond acceptors (Lipinski definition) is 6. The highest BCUT2D eigenvalue weighted by Crippen LogP contribution is 2.30. The van der Waals surface area contributed by atoms with Crippen LogP contribution in [-0.2, 0) is 4.79 Å². The predicted octanol–water partition coefficient (Wildman–Crippen LogP) is 6.29. The third kappa shape index (κ3) is 5.46. The maximum atomic E-state index is 12.5. The van der Waals surface area contributed by atoms with Crippen LogP contribution in [0.1, 0.15) is 24.2 Å². The van der Waals surface area contributed by atoms with Crippen molar-refractivity contribution in [3.05, 3.63) is 62.0 Å². The molecule has 0 fully saturated rings. The molecule has 1 aromatic heterocycles. The van der Waals surface area contributed by atoms with Gasteiger partial charge in [-0.25, -0.2) is 4.68 Å². The number of amides is 1. The van der Waals surface area contributed by atoms with E-state index >= 15 is 0 Å². The van der Waals surface area contributed by atoms with Crippen molar-refractivity contribution >= 4 is 75.9 Å². The van der Waals surface area contributed by atoms with E-state index in [0.717, 1.165) is 0 Å². The van der Waals surface area contributed by atoms with Gasteiger partial charge in [-0.3, -0.25) is 9.59 Å². The van der Waals surface area contributed by atoms with Crippen molar-refractivity contribution in [2.75, 3.05) is 5.32 Å². The number of halogens is 2. The second-order valence-electron chi connectivity index (χ2n) is 6.03. The van der Waals surface area contributed by atoms with Crippen LogP contribution < -0.4 is 5.32 Å². The summed E-state index contributed by atoms with van der Waals surface area (Å²) in [5.41, 5.74) is 1.82. The molecule has 1 heterocycles. The van der Waals surface area contributed by atoms with Gasteiger partial charge in [0.1, 0.15) is 0 Å². The summed E-state index contributed by atoms with van der Waals surface area (Å²) in [5, 5.41) is 7.75. The van der Waals surface area contributed by atoms with Crippen molar-refractivity contribution in [3.63, 3.8) is 0 Å². The van der Waals surface area contributed by atoms with Gasteiger partial charge in [0.05, 0.1) is 21.0 Å². The summed E-state index contributed by atoms with van der Waals surface area (Å²) in [6.45, 7) is 3.26. The van der Waals surface area contributed by atoms with Gasteiger partial charge in [-0.2, -0.15) is 0 Å². The molecule has 150 valence electrons. The van der Waals surface area contributed by atoms with Crippen molar-refractivity contribution < 1.29 is 9.59 Å². The monoisotopic (exact) mass is 483 g/mol. The lowest BCUT2D eigenvalue weighted by atomic mass is 10.1. The molecule has 10 heteroatoms. The highest BCUT2D eigenvalue weighted by Gasteiger charge is 2.18. The topological polar surface area (TPSA) is 64.0 Å². The first-order valence-corrected chi connectivity index (χ1v) is 11.2. The number of nitrogens with zero attached hydrogens (tertiary/aromatic N) is 2. The number of nitrogens with one attached hydrogen (secondary N) is 1. The maximum Gasteiger partial charge on any atom is 0.237 e. The SMILES string of the molecule is CC(=O)c1cccc(NC(=O)[C@H](C)Sc2nn(-c3ccc(Cl)c(Cl)c3)c(=S)s2)c1. The van der Waals surface area contributed by atoms with Crippen LogP contribution in [-0.4, -0.2) is 26.7 Å². The number of hydrogen-bond donors (Lipinski definition) is 1. The average molecular weight is 484 g/mol. The Morgan fingerprint density at radius 1 is 1.21 bits per heavy atom. The van der Waals surface area contributed by atoms with Gasteiger partial charge in [-0.05, 0) is 56.4 Å². The molecule has 0 aliphatic carbocycles. The molecule has 0 spiro atoms. The van der Waals surface area contributed by atoms with Gasteiger partial charge >= 0.3 is 0 Å². The molecule has 0 radical (unpaired) electrons. The summed E-state index contributed by atoms with van der Waals surface area (Å²) in [6, 6.07) is 12.0. The van der Waals surface area contributed by atoms with Gasteiger partial charge in [0.2, 0.25) is 5.91 Å². The minimum atomic E-state index is -0.418. The number of benzene rings is 2. The third-order valence-corrected chi connectivity index (χ3v) is 7.02. The van der Waals surface area contributed by atoms with Crippen molar-refractivity contribution in [2.24, 2.45) is 0 Å². The molecule has 1 amide bonds. The van der Waals surface area contributed by atoms with Gasteiger partial charge in [0.25, 0.3) is 0 Å². The molecule has 1 atom stereocenters. The Labute approximate surface area is 191 Å². The van der Waals surface area contributed by atoms with E-state index in [0.29, 0.717) is 35.3 Å². The molecule has 1 N–H and O–H groups in total. The second kappa shape index (κ2) is 9.40. The number of Topliss-reactive ketones (excluding diaryl/α,β-unsaturated/α-hetero) is 1. The predicted molar refractivity (Wildman–Crippen MR) is 123 cm³/mol. The summed E-state index contributed by atoms with van der Waals surface area (Å²) in [5.74, 6) is -0.256. The smallest absolute Gasteiger partial charge is 0.237 e. The van der Waals surface area contributed by atoms with E-state index < -0.39 is 5.25 Å². The molecule has 0 saturated heterocycles. The van der Waals surface area contributed by atoms with E-state index in [1.54, 1.807) is 54.1 Å². The van der Waals surface area contributed by atoms with Crippen molar-refractivity contribution in [3.8, 4) is 5.69 Å². The van der Waals surface area contributed by atoms with E-state index in [4.69, 9.17) is 35.4 Å². The zero-order valence-electron chi connectivity index (χ0n) is 15.3. The van der Waals surface area contributed by atoms with Gasteiger partial charge in [0.15, 0.2) is 14.1 Å². The fraction of sp³-hybridized carbons (Fsp3) is 0.158. The highest BCUT2D eigenvalue weighted by atomic mass is 35.5. The van der Waals surface area contributed by atoms with Crippen LogP contribution in [0.4, 0.5) is 5.69 Å². The Bertz CT molecular complexity index is 1140. The molecule has 0 bridgehead atoms. The summed E-state index contributed by atoms with van der Waals surface area (Å²) < 4.78 is 2.78. The van der Waals surface area contributed by atoms with Crippen LogP contribution >= 0.6 is 58.5 Å². The summed E-state index contributed by atoms with van der Waals surface area (Å²) in [7, 11) is 0. The Morgan fingerprint density at radius 3 is 2.66 bits per heavy atom. The lowest BCUT2D eigenvalue weighted by Crippen LogP contribution is -2.22. The van der Waals surface area contributed by atoms with E-state index in [2.05, 4.69) is 10.4 Å². The molecular weight excluding hydrogens is 469 g/mol. The van der Waals surface area contributed by atoms with Crippen LogP contribution in [0.2, 0.25) is 10.0 Å². The first kappa shape index (κ1) is 22.0.